The zero-order valence-corrected chi connectivity index (χ0v) is 15.7. The molecule has 3 aromatic rings. The van der Waals surface area contributed by atoms with E-state index in [4.69, 9.17) is 11.6 Å². The van der Waals surface area contributed by atoms with Crippen LogP contribution in [0.4, 0.5) is 17.1 Å². The summed E-state index contributed by atoms with van der Waals surface area (Å²) in [6.07, 6.45) is 1.57. The topological polar surface area (TPSA) is 71.1 Å². The van der Waals surface area contributed by atoms with Crippen LogP contribution in [-0.4, -0.2) is 16.7 Å². The number of nitrogens with one attached hydrogen (secondary N) is 2. The van der Waals surface area contributed by atoms with Gasteiger partial charge in [-0.2, -0.15) is 0 Å². The summed E-state index contributed by atoms with van der Waals surface area (Å²) in [5.41, 5.74) is 3.98. The van der Waals surface area contributed by atoms with Crippen LogP contribution in [-0.2, 0) is 0 Å². The van der Waals surface area contributed by atoms with Crippen molar-refractivity contribution in [3.63, 3.8) is 0 Å². The number of rotatable bonds is 5. The van der Waals surface area contributed by atoms with Gasteiger partial charge in [-0.25, -0.2) is 4.98 Å². The first-order valence-electron chi connectivity index (χ1n) is 8.34. The molecule has 0 unspecified atom stereocenters. The third-order valence-electron chi connectivity index (χ3n) is 3.99. The first-order chi connectivity index (χ1) is 12.9. The Balaban J connectivity index is 1.70. The van der Waals surface area contributed by atoms with Crippen LogP contribution in [0, 0.1) is 6.92 Å². The minimum absolute atomic E-state index is 0.00119. The Labute approximate surface area is 162 Å². The summed E-state index contributed by atoms with van der Waals surface area (Å²) in [5, 5.41) is 6.61. The van der Waals surface area contributed by atoms with Crippen molar-refractivity contribution in [2.24, 2.45) is 0 Å². The second kappa shape index (κ2) is 8.01. The maximum atomic E-state index is 12.4. The van der Waals surface area contributed by atoms with E-state index in [1.165, 1.54) is 6.92 Å². The van der Waals surface area contributed by atoms with Crippen LogP contribution in [0.15, 0.2) is 60.8 Å². The summed E-state index contributed by atoms with van der Waals surface area (Å²) in [5.74, 6) is -0.299. The van der Waals surface area contributed by atoms with Crippen molar-refractivity contribution < 1.29 is 9.59 Å². The van der Waals surface area contributed by atoms with E-state index in [0.29, 0.717) is 22.0 Å². The highest BCUT2D eigenvalue weighted by atomic mass is 35.5. The van der Waals surface area contributed by atoms with Crippen LogP contribution in [0.3, 0.4) is 0 Å². The molecule has 1 aromatic heterocycles. The third-order valence-corrected chi connectivity index (χ3v) is 4.23. The van der Waals surface area contributed by atoms with E-state index in [1.807, 2.05) is 19.1 Å². The maximum Gasteiger partial charge on any atom is 0.274 e. The Bertz CT molecular complexity index is 1000. The van der Waals surface area contributed by atoms with Gasteiger partial charge in [-0.3, -0.25) is 9.59 Å². The lowest BCUT2D eigenvalue weighted by Crippen LogP contribution is -2.14. The van der Waals surface area contributed by atoms with Crippen molar-refractivity contribution in [2.75, 3.05) is 10.6 Å². The molecule has 2 N–H and O–H groups in total. The summed E-state index contributed by atoms with van der Waals surface area (Å²) < 4.78 is 0. The van der Waals surface area contributed by atoms with Crippen LogP contribution in [0.2, 0.25) is 5.02 Å². The highest BCUT2D eigenvalue weighted by Gasteiger charge is 2.10. The van der Waals surface area contributed by atoms with E-state index in [9.17, 15) is 9.59 Å². The standard InChI is InChI=1S/C21H18ClN3O2/c1-13-10-16(22)6-8-19(13)25-21(27)20-9-7-18(12-23-20)24-17-5-3-4-15(11-17)14(2)26/h3-12,24H,1-2H3,(H,25,27). The predicted molar refractivity (Wildman–Crippen MR) is 108 cm³/mol. The van der Waals surface area contributed by atoms with Crippen molar-refractivity contribution in [3.8, 4) is 0 Å². The molecule has 1 amide bonds. The lowest BCUT2D eigenvalue weighted by Gasteiger charge is -2.10. The Morgan fingerprint density at radius 1 is 1.00 bits per heavy atom. The number of carbonyl (C=O) groups is 2. The number of aryl methyl sites for hydroxylation is 1. The van der Waals surface area contributed by atoms with E-state index in [2.05, 4.69) is 15.6 Å². The summed E-state index contributed by atoms with van der Waals surface area (Å²) >= 11 is 5.93. The smallest absolute Gasteiger partial charge is 0.274 e. The molecule has 0 spiro atoms. The largest absolute Gasteiger partial charge is 0.354 e. The first-order valence-corrected chi connectivity index (χ1v) is 8.72. The fourth-order valence-corrected chi connectivity index (χ4v) is 2.77. The Hall–Kier alpha value is -3.18. The third kappa shape index (κ3) is 4.71. The number of nitrogens with zero attached hydrogens (tertiary/aromatic N) is 1. The van der Waals surface area contributed by atoms with Crippen LogP contribution in [0.25, 0.3) is 0 Å². The zero-order chi connectivity index (χ0) is 19.4. The Morgan fingerprint density at radius 2 is 1.81 bits per heavy atom. The minimum atomic E-state index is -0.300. The molecular weight excluding hydrogens is 362 g/mol. The molecule has 5 nitrogen and oxygen atoms in total. The van der Waals surface area contributed by atoms with Gasteiger partial charge in [0.2, 0.25) is 0 Å². The van der Waals surface area contributed by atoms with Crippen LogP contribution in [0.1, 0.15) is 33.3 Å². The van der Waals surface area contributed by atoms with Gasteiger partial charge in [0.1, 0.15) is 5.69 Å². The summed E-state index contributed by atoms with van der Waals surface area (Å²) in [7, 11) is 0. The molecule has 0 aliphatic carbocycles. The monoisotopic (exact) mass is 379 g/mol. The lowest BCUT2D eigenvalue weighted by molar-refractivity contribution is 0.101. The SMILES string of the molecule is CC(=O)c1cccc(Nc2ccc(C(=O)Nc3ccc(Cl)cc3C)nc2)c1. The second-order valence-corrected chi connectivity index (χ2v) is 6.54. The molecule has 0 bridgehead atoms. The van der Waals surface area contributed by atoms with Gasteiger partial charge in [0.05, 0.1) is 11.9 Å². The van der Waals surface area contributed by atoms with Gasteiger partial charge in [-0.15, -0.1) is 0 Å². The molecule has 0 fully saturated rings. The Kier molecular flexibility index (Phi) is 5.52. The molecule has 0 aliphatic heterocycles. The van der Waals surface area contributed by atoms with E-state index in [-0.39, 0.29) is 11.7 Å². The van der Waals surface area contributed by atoms with Crippen molar-refractivity contribution in [2.45, 2.75) is 13.8 Å². The fraction of sp³-hybridized carbons (Fsp3) is 0.0952. The van der Waals surface area contributed by atoms with Crippen LogP contribution >= 0.6 is 11.6 Å². The predicted octanol–water partition coefficient (Wildman–Crippen LogP) is 5.24. The highest BCUT2D eigenvalue weighted by Crippen LogP contribution is 2.21. The normalized spacial score (nSPS) is 10.3. The molecule has 3 rings (SSSR count). The number of ketones is 1. The molecule has 0 aliphatic rings. The first kappa shape index (κ1) is 18.6. The number of hydrogen-bond donors (Lipinski definition) is 2. The van der Waals surface area contributed by atoms with Crippen molar-refractivity contribution in [3.05, 3.63) is 82.6 Å². The summed E-state index contributed by atoms with van der Waals surface area (Å²) in [6, 6.07) is 15.9. The molecule has 1 heterocycles. The fourth-order valence-electron chi connectivity index (χ4n) is 2.54. The number of halogens is 1. The minimum Gasteiger partial charge on any atom is -0.354 e. The number of pyridine rings is 1. The number of carbonyl (C=O) groups excluding carboxylic acids is 2. The number of Topliss-reactive ketones (excluding diaryl/α,β-unsaturated/α-hetero) is 1. The van der Waals surface area contributed by atoms with E-state index < -0.39 is 0 Å². The number of amides is 1. The van der Waals surface area contributed by atoms with Gasteiger partial charge in [0.25, 0.3) is 5.91 Å². The van der Waals surface area contributed by atoms with E-state index in [1.54, 1.807) is 48.7 Å². The van der Waals surface area contributed by atoms with Crippen molar-refractivity contribution >= 4 is 40.4 Å². The molecule has 2 aromatic carbocycles. The molecule has 27 heavy (non-hydrogen) atoms. The zero-order valence-electron chi connectivity index (χ0n) is 14.9. The van der Waals surface area contributed by atoms with Crippen LogP contribution in [0.5, 0.6) is 0 Å². The second-order valence-electron chi connectivity index (χ2n) is 6.11. The molecule has 0 saturated heterocycles. The van der Waals surface area contributed by atoms with Gasteiger partial charge in [0, 0.05) is 22.0 Å². The summed E-state index contributed by atoms with van der Waals surface area (Å²) in [4.78, 5) is 28.1. The molecule has 0 atom stereocenters. The Morgan fingerprint density at radius 3 is 2.48 bits per heavy atom. The molecule has 6 heteroatoms. The van der Waals surface area contributed by atoms with Crippen molar-refractivity contribution in [1.82, 2.24) is 4.98 Å². The van der Waals surface area contributed by atoms with Gasteiger partial charge in [-0.1, -0.05) is 23.7 Å². The van der Waals surface area contributed by atoms with Gasteiger partial charge >= 0.3 is 0 Å². The number of aromatic nitrogens is 1. The average molecular weight is 380 g/mol. The van der Waals surface area contributed by atoms with Gasteiger partial charge in [0.15, 0.2) is 5.78 Å². The molecule has 0 saturated carbocycles. The highest BCUT2D eigenvalue weighted by molar-refractivity contribution is 6.30. The molecular formula is C21H18ClN3O2. The average Bonchev–Trinajstić information content (AvgIpc) is 2.65. The number of benzene rings is 2. The number of hydrogen-bond acceptors (Lipinski definition) is 4. The molecule has 136 valence electrons. The van der Waals surface area contributed by atoms with E-state index >= 15 is 0 Å². The van der Waals surface area contributed by atoms with Crippen LogP contribution < -0.4 is 10.6 Å². The maximum absolute atomic E-state index is 12.4. The van der Waals surface area contributed by atoms with Gasteiger partial charge in [-0.05, 0) is 61.9 Å². The lowest BCUT2D eigenvalue weighted by atomic mass is 10.1. The molecule has 0 radical (unpaired) electrons. The van der Waals surface area contributed by atoms with Crippen molar-refractivity contribution in [1.29, 1.82) is 0 Å². The van der Waals surface area contributed by atoms with Gasteiger partial charge < -0.3 is 10.6 Å². The van der Waals surface area contributed by atoms with E-state index in [0.717, 1.165) is 16.9 Å². The summed E-state index contributed by atoms with van der Waals surface area (Å²) in [6.45, 7) is 3.40. The quantitative estimate of drug-likeness (QED) is 0.594. The number of anilines is 3.